The third kappa shape index (κ3) is 6.32. The number of hydrogen-bond acceptors (Lipinski definition) is 6. The van der Waals surface area contributed by atoms with Crippen LogP contribution in [0.25, 0.3) is 0 Å². The Labute approximate surface area is 231 Å². The molecule has 1 aliphatic heterocycles. The number of amides is 4. The Balaban J connectivity index is 1.42. The maximum Gasteiger partial charge on any atom is 0.410 e. The van der Waals surface area contributed by atoms with E-state index in [1.807, 2.05) is 30.3 Å². The highest BCUT2D eigenvalue weighted by atomic mass is 79.9. The van der Waals surface area contributed by atoms with Gasteiger partial charge in [0.05, 0.1) is 21.6 Å². The van der Waals surface area contributed by atoms with Crippen molar-refractivity contribution in [2.24, 2.45) is 0 Å². The molecular formula is C25H24BrClN6O5. The second-order valence-electron chi connectivity index (χ2n) is 8.47. The van der Waals surface area contributed by atoms with E-state index in [0.717, 1.165) is 5.56 Å². The molecule has 38 heavy (non-hydrogen) atoms. The molecule has 13 heteroatoms. The molecular weight excluding hydrogens is 580 g/mol. The van der Waals surface area contributed by atoms with Crippen LogP contribution in [0.4, 0.5) is 10.6 Å². The zero-order valence-corrected chi connectivity index (χ0v) is 22.6. The van der Waals surface area contributed by atoms with Crippen LogP contribution >= 0.6 is 27.5 Å². The number of aromatic amines is 1. The highest BCUT2D eigenvalue weighted by Crippen LogP contribution is 2.25. The van der Waals surface area contributed by atoms with Gasteiger partial charge in [0.15, 0.2) is 5.82 Å². The van der Waals surface area contributed by atoms with E-state index in [1.54, 1.807) is 31.3 Å². The second-order valence-corrected chi connectivity index (χ2v) is 9.67. The standard InChI is InChI=1S/C25H24BrClN6O5/c1-32-11-12-33(25(37)38-14-15-7-3-2-4-8-15)13-18(24(32)36)28-23(35)20-19(26)21(31-30-20)29-22(34)16-9-5-6-10-17(16)27/h2-10,18H,11-14H2,1H3,(H,28,35)(H2,29,30,31,34). The van der Waals surface area contributed by atoms with Gasteiger partial charge in [-0.25, -0.2) is 4.79 Å². The minimum absolute atomic E-state index is 0.0163. The number of nitrogens with zero attached hydrogens (tertiary/aromatic N) is 3. The lowest BCUT2D eigenvalue weighted by molar-refractivity contribution is -0.131. The molecule has 0 bridgehead atoms. The van der Waals surface area contributed by atoms with Crippen molar-refractivity contribution in [2.75, 3.05) is 32.0 Å². The number of anilines is 1. The van der Waals surface area contributed by atoms with Crippen molar-refractivity contribution in [3.8, 4) is 0 Å². The normalized spacial score (nSPS) is 15.6. The van der Waals surface area contributed by atoms with Gasteiger partial charge in [0.1, 0.15) is 18.3 Å². The van der Waals surface area contributed by atoms with Gasteiger partial charge in [0, 0.05) is 20.1 Å². The van der Waals surface area contributed by atoms with Crippen molar-refractivity contribution in [3.05, 3.63) is 80.9 Å². The number of carbonyl (C=O) groups is 4. The van der Waals surface area contributed by atoms with E-state index in [0.29, 0.717) is 0 Å². The molecule has 1 unspecified atom stereocenters. The number of rotatable bonds is 6. The number of carbonyl (C=O) groups excluding carboxylic acids is 4. The zero-order valence-electron chi connectivity index (χ0n) is 20.2. The van der Waals surface area contributed by atoms with Gasteiger partial charge in [0.2, 0.25) is 5.91 Å². The summed E-state index contributed by atoms with van der Waals surface area (Å²) in [6.45, 7) is 0.525. The average Bonchev–Trinajstić information content (AvgIpc) is 3.21. The van der Waals surface area contributed by atoms with Gasteiger partial charge in [0.25, 0.3) is 11.8 Å². The molecule has 198 valence electrons. The first kappa shape index (κ1) is 27.1. The van der Waals surface area contributed by atoms with Crippen molar-refractivity contribution < 1.29 is 23.9 Å². The van der Waals surface area contributed by atoms with E-state index < -0.39 is 23.9 Å². The zero-order chi connectivity index (χ0) is 27.2. The lowest BCUT2D eigenvalue weighted by atomic mass is 10.2. The molecule has 0 aliphatic carbocycles. The molecule has 2 aromatic carbocycles. The molecule has 1 aromatic heterocycles. The van der Waals surface area contributed by atoms with Gasteiger partial charge >= 0.3 is 6.09 Å². The summed E-state index contributed by atoms with van der Waals surface area (Å²) < 4.78 is 5.59. The second kappa shape index (κ2) is 12.1. The lowest BCUT2D eigenvalue weighted by Gasteiger charge is -2.23. The van der Waals surface area contributed by atoms with Crippen molar-refractivity contribution in [3.63, 3.8) is 0 Å². The highest BCUT2D eigenvalue weighted by Gasteiger charge is 2.33. The minimum Gasteiger partial charge on any atom is -0.445 e. The first-order chi connectivity index (χ1) is 18.2. The lowest BCUT2D eigenvalue weighted by Crippen LogP contribution is -2.50. The number of nitrogens with one attached hydrogen (secondary N) is 3. The highest BCUT2D eigenvalue weighted by molar-refractivity contribution is 9.10. The van der Waals surface area contributed by atoms with Crippen LogP contribution in [0.3, 0.4) is 0 Å². The Morgan fingerprint density at radius 3 is 2.55 bits per heavy atom. The number of benzene rings is 2. The van der Waals surface area contributed by atoms with Crippen LogP contribution in [0.2, 0.25) is 5.02 Å². The maximum absolute atomic E-state index is 13.1. The van der Waals surface area contributed by atoms with E-state index in [2.05, 4.69) is 36.8 Å². The number of aromatic nitrogens is 2. The molecule has 4 amide bonds. The van der Waals surface area contributed by atoms with Crippen LogP contribution in [0.5, 0.6) is 0 Å². The molecule has 1 saturated heterocycles. The van der Waals surface area contributed by atoms with Gasteiger partial charge < -0.3 is 25.2 Å². The number of hydrogen-bond donors (Lipinski definition) is 3. The summed E-state index contributed by atoms with van der Waals surface area (Å²) in [4.78, 5) is 54.1. The number of H-pyrrole nitrogens is 1. The van der Waals surface area contributed by atoms with E-state index >= 15 is 0 Å². The summed E-state index contributed by atoms with van der Waals surface area (Å²) in [6, 6.07) is 14.7. The van der Waals surface area contributed by atoms with Crippen LogP contribution in [0.15, 0.2) is 59.1 Å². The largest absolute Gasteiger partial charge is 0.445 e. The molecule has 0 spiro atoms. The Kier molecular flexibility index (Phi) is 8.64. The summed E-state index contributed by atoms with van der Waals surface area (Å²) >= 11 is 9.35. The smallest absolute Gasteiger partial charge is 0.410 e. The molecule has 3 N–H and O–H groups in total. The van der Waals surface area contributed by atoms with Crippen LogP contribution in [0, 0.1) is 0 Å². The number of ether oxygens (including phenoxy) is 1. The van der Waals surface area contributed by atoms with Crippen molar-refractivity contribution in [1.82, 2.24) is 25.3 Å². The van der Waals surface area contributed by atoms with E-state index in [4.69, 9.17) is 16.3 Å². The first-order valence-electron chi connectivity index (χ1n) is 11.6. The Morgan fingerprint density at radius 1 is 1.11 bits per heavy atom. The van der Waals surface area contributed by atoms with Crippen molar-refractivity contribution in [2.45, 2.75) is 12.6 Å². The summed E-state index contributed by atoms with van der Waals surface area (Å²) in [5.74, 6) is -1.47. The molecule has 2 heterocycles. The SMILES string of the molecule is CN1CCN(C(=O)OCc2ccccc2)CC(NC(=O)c2[nH]nc(NC(=O)c3ccccc3Cl)c2Br)C1=O. The van der Waals surface area contributed by atoms with E-state index in [-0.39, 0.29) is 58.7 Å². The number of likely N-dealkylation sites (N-methyl/N-ethyl adjacent to an activating group) is 1. The quantitative estimate of drug-likeness (QED) is 0.396. The molecule has 3 aromatic rings. The Bertz CT molecular complexity index is 1350. The third-order valence-electron chi connectivity index (χ3n) is 5.84. The third-order valence-corrected chi connectivity index (χ3v) is 6.94. The van der Waals surface area contributed by atoms with Gasteiger partial charge in [-0.1, -0.05) is 54.1 Å². The van der Waals surface area contributed by atoms with Crippen LogP contribution in [0.1, 0.15) is 26.4 Å². The molecule has 1 fully saturated rings. The maximum atomic E-state index is 13.1. The molecule has 1 aliphatic rings. The average molecular weight is 604 g/mol. The fraction of sp³-hybridized carbons (Fsp3) is 0.240. The van der Waals surface area contributed by atoms with Gasteiger partial charge in [-0.3, -0.25) is 19.5 Å². The van der Waals surface area contributed by atoms with Crippen LogP contribution in [-0.4, -0.2) is 76.5 Å². The van der Waals surface area contributed by atoms with Crippen molar-refractivity contribution in [1.29, 1.82) is 0 Å². The fourth-order valence-electron chi connectivity index (χ4n) is 3.73. The van der Waals surface area contributed by atoms with E-state index in [9.17, 15) is 19.2 Å². The number of halogens is 2. The monoisotopic (exact) mass is 602 g/mol. The summed E-state index contributed by atoms with van der Waals surface area (Å²) in [5.41, 5.74) is 1.05. The first-order valence-corrected chi connectivity index (χ1v) is 12.7. The molecule has 4 rings (SSSR count). The minimum atomic E-state index is -1.03. The van der Waals surface area contributed by atoms with Crippen molar-refractivity contribution >= 4 is 57.2 Å². The summed E-state index contributed by atoms with van der Waals surface area (Å²) in [7, 11) is 1.59. The molecule has 0 radical (unpaired) electrons. The van der Waals surface area contributed by atoms with Crippen LogP contribution < -0.4 is 10.6 Å². The van der Waals surface area contributed by atoms with Crippen LogP contribution in [-0.2, 0) is 16.1 Å². The van der Waals surface area contributed by atoms with Gasteiger partial charge in [-0.15, -0.1) is 0 Å². The summed E-state index contributed by atoms with van der Waals surface area (Å²) in [5, 5.41) is 12.0. The fourth-order valence-corrected chi connectivity index (χ4v) is 4.41. The predicted molar refractivity (Wildman–Crippen MR) is 143 cm³/mol. The summed E-state index contributed by atoms with van der Waals surface area (Å²) in [6.07, 6.45) is -0.594. The molecule has 0 saturated carbocycles. The molecule has 1 atom stereocenters. The molecule has 11 nitrogen and oxygen atoms in total. The van der Waals surface area contributed by atoms with Gasteiger partial charge in [-0.2, -0.15) is 5.10 Å². The van der Waals surface area contributed by atoms with Gasteiger partial charge in [-0.05, 0) is 33.6 Å². The predicted octanol–water partition coefficient (Wildman–Crippen LogP) is 3.29. The topological polar surface area (TPSA) is 137 Å². The Morgan fingerprint density at radius 2 is 1.82 bits per heavy atom. The van der Waals surface area contributed by atoms with E-state index in [1.165, 1.54) is 9.80 Å². The Hall–Kier alpha value is -3.90.